The molecule has 0 bridgehead atoms. The first-order valence-corrected chi connectivity index (χ1v) is 10.5. The molecule has 142 valence electrons. The van der Waals surface area contributed by atoms with Crippen LogP contribution in [-0.4, -0.2) is 57.5 Å². The van der Waals surface area contributed by atoms with E-state index in [2.05, 4.69) is 47.1 Å². The van der Waals surface area contributed by atoms with Crippen molar-refractivity contribution >= 4 is 0 Å². The summed E-state index contributed by atoms with van der Waals surface area (Å²) in [7, 11) is 0. The Kier molecular flexibility index (Phi) is 6.88. The largest absolute Gasteiger partial charge is 0.303 e. The molecule has 0 radical (unpaired) electrons. The van der Waals surface area contributed by atoms with Gasteiger partial charge in [-0.05, 0) is 56.5 Å². The Balaban J connectivity index is 1.36. The van der Waals surface area contributed by atoms with Gasteiger partial charge < -0.3 is 4.90 Å². The van der Waals surface area contributed by atoms with Gasteiger partial charge in [-0.1, -0.05) is 38.8 Å². The van der Waals surface area contributed by atoms with Crippen LogP contribution in [0.2, 0.25) is 0 Å². The number of rotatable bonds is 7. The van der Waals surface area contributed by atoms with Gasteiger partial charge in [0.25, 0.3) is 0 Å². The summed E-state index contributed by atoms with van der Waals surface area (Å²) < 4.78 is 2.01. The van der Waals surface area contributed by atoms with Gasteiger partial charge in [-0.2, -0.15) is 0 Å². The molecule has 0 spiro atoms. The number of likely N-dealkylation sites (tertiary alicyclic amines) is 2. The Morgan fingerprint density at radius 2 is 1.64 bits per heavy atom. The van der Waals surface area contributed by atoms with Crippen molar-refractivity contribution in [1.29, 1.82) is 0 Å². The summed E-state index contributed by atoms with van der Waals surface area (Å²) >= 11 is 0. The van der Waals surface area contributed by atoms with E-state index in [9.17, 15) is 0 Å². The Morgan fingerprint density at radius 3 is 2.24 bits per heavy atom. The molecule has 2 aliphatic heterocycles. The molecule has 0 unspecified atom stereocenters. The normalized spacial score (nSPS) is 22.1. The first-order valence-electron chi connectivity index (χ1n) is 10.5. The van der Waals surface area contributed by atoms with Crippen LogP contribution in [0.1, 0.15) is 70.9 Å². The van der Waals surface area contributed by atoms with Crippen molar-refractivity contribution in [2.75, 3.05) is 32.7 Å². The molecular formula is C20H37N5. The molecule has 5 nitrogen and oxygen atoms in total. The number of hydrogen-bond acceptors (Lipinski definition) is 4. The Labute approximate surface area is 153 Å². The van der Waals surface area contributed by atoms with Crippen molar-refractivity contribution in [2.24, 2.45) is 11.8 Å². The lowest BCUT2D eigenvalue weighted by atomic mass is 9.90. The van der Waals surface area contributed by atoms with Crippen LogP contribution in [0.4, 0.5) is 0 Å². The Morgan fingerprint density at radius 1 is 1.00 bits per heavy atom. The molecule has 1 aromatic rings. The van der Waals surface area contributed by atoms with E-state index < -0.39 is 0 Å². The summed E-state index contributed by atoms with van der Waals surface area (Å²) in [5.74, 6) is 2.35. The molecule has 0 aromatic carbocycles. The molecule has 2 fully saturated rings. The van der Waals surface area contributed by atoms with E-state index in [1.165, 1.54) is 71.2 Å². The zero-order chi connectivity index (χ0) is 17.6. The van der Waals surface area contributed by atoms with Gasteiger partial charge >= 0.3 is 0 Å². The predicted octanol–water partition coefficient (Wildman–Crippen LogP) is 3.58. The predicted molar refractivity (Wildman–Crippen MR) is 102 cm³/mol. The van der Waals surface area contributed by atoms with Crippen LogP contribution < -0.4 is 0 Å². The fourth-order valence-electron chi connectivity index (χ4n) is 4.39. The third kappa shape index (κ3) is 5.52. The first kappa shape index (κ1) is 18.8. The number of piperidine rings is 2. The Hall–Kier alpha value is -0.940. The second-order valence-electron chi connectivity index (χ2n) is 8.57. The fraction of sp³-hybridized carbons (Fsp3) is 0.900. The second kappa shape index (κ2) is 9.13. The highest BCUT2D eigenvalue weighted by Gasteiger charge is 2.24. The van der Waals surface area contributed by atoms with Gasteiger partial charge in [-0.15, -0.1) is 5.10 Å². The zero-order valence-electron chi connectivity index (χ0n) is 16.5. The molecule has 1 aromatic heterocycles. The number of aromatic nitrogens is 3. The smallest absolute Gasteiger partial charge is 0.0946 e. The standard InChI is InChI=1S/C20H37N5/c1-4-5-18-6-10-23(11-7-18)14-19-8-12-24(13-9-19)16-25-15-20(17(2)3)21-22-25/h15,17-19H,4-14,16H2,1-3H3. The maximum Gasteiger partial charge on any atom is 0.0946 e. The second-order valence-corrected chi connectivity index (χ2v) is 8.57. The molecule has 3 heterocycles. The van der Waals surface area contributed by atoms with Gasteiger partial charge in [0, 0.05) is 19.6 Å². The minimum absolute atomic E-state index is 0.459. The maximum atomic E-state index is 4.28. The minimum Gasteiger partial charge on any atom is -0.303 e. The molecule has 0 atom stereocenters. The summed E-state index contributed by atoms with van der Waals surface area (Å²) in [6.07, 6.45) is 10.4. The molecule has 3 rings (SSSR count). The van der Waals surface area contributed by atoms with E-state index in [-0.39, 0.29) is 0 Å². The molecule has 0 N–H and O–H groups in total. The lowest BCUT2D eigenvalue weighted by Gasteiger charge is -2.37. The lowest BCUT2D eigenvalue weighted by Crippen LogP contribution is -2.42. The van der Waals surface area contributed by atoms with Crippen molar-refractivity contribution in [1.82, 2.24) is 24.8 Å². The van der Waals surface area contributed by atoms with Crippen molar-refractivity contribution in [3.8, 4) is 0 Å². The number of hydrogen-bond donors (Lipinski definition) is 0. The van der Waals surface area contributed by atoms with Crippen molar-refractivity contribution in [2.45, 2.75) is 71.9 Å². The molecule has 0 saturated carbocycles. The third-order valence-corrected chi connectivity index (χ3v) is 6.12. The molecule has 0 aliphatic carbocycles. The van der Waals surface area contributed by atoms with Crippen LogP contribution in [0, 0.1) is 11.8 Å². The van der Waals surface area contributed by atoms with E-state index in [4.69, 9.17) is 0 Å². The average molecular weight is 348 g/mol. The van der Waals surface area contributed by atoms with Crippen molar-refractivity contribution in [3.05, 3.63) is 11.9 Å². The van der Waals surface area contributed by atoms with Crippen LogP contribution in [0.3, 0.4) is 0 Å². The molecule has 2 saturated heterocycles. The molecule has 2 aliphatic rings. The van der Waals surface area contributed by atoms with Crippen LogP contribution in [0.25, 0.3) is 0 Å². The van der Waals surface area contributed by atoms with Crippen LogP contribution in [0.5, 0.6) is 0 Å². The molecular weight excluding hydrogens is 310 g/mol. The number of nitrogens with zero attached hydrogens (tertiary/aromatic N) is 5. The van der Waals surface area contributed by atoms with Gasteiger partial charge in [0.2, 0.25) is 0 Å². The monoisotopic (exact) mass is 347 g/mol. The highest BCUT2D eigenvalue weighted by molar-refractivity contribution is 4.98. The summed E-state index contributed by atoms with van der Waals surface area (Å²) in [5.41, 5.74) is 1.10. The van der Waals surface area contributed by atoms with E-state index in [0.717, 1.165) is 24.2 Å². The van der Waals surface area contributed by atoms with Crippen molar-refractivity contribution in [3.63, 3.8) is 0 Å². The summed E-state index contributed by atoms with van der Waals surface area (Å²) in [6.45, 7) is 14.0. The van der Waals surface area contributed by atoms with Crippen LogP contribution in [0.15, 0.2) is 6.20 Å². The van der Waals surface area contributed by atoms with Gasteiger partial charge in [-0.25, -0.2) is 4.68 Å². The van der Waals surface area contributed by atoms with Gasteiger partial charge in [-0.3, -0.25) is 4.90 Å². The van der Waals surface area contributed by atoms with Gasteiger partial charge in [0.1, 0.15) is 0 Å². The topological polar surface area (TPSA) is 37.2 Å². The van der Waals surface area contributed by atoms with E-state index in [1.807, 2.05) is 4.68 Å². The SMILES string of the molecule is CCCC1CCN(CC2CCN(Cn3cc(C(C)C)nn3)CC2)CC1. The summed E-state index contributed by atoms with van der Waals surface area (Å²) in [6, 6.07) is 0. The van der Waals surface area contributed by atoms with Crippen molar-refractivity contribution < 1.29 is 0 Å². The Bertz CT molecular complexity index is 496. The summed E-state index contributed by atoms with van der Waals surface area (Å²) in [4.78, 5) is 5.27. The average Bonchev–Trinajstić information content (AvgIpc) is 3.07. The van der Waals surface area contributed by atoms with Crippen LogP contribution in [-0.2, 0) is 6.67 Å². The summed E-state index contributed by atoms with van der Waals surface area (Å²) in [5, 5.41) is 8.56. The highest BCUT2D eigenvalue weighted by atomic mass is 15.5. The van der Waals surface area contributed by atoms with Gasteiger partial charge in [0.05, 0.1) is 18.6 Å². The highest BCUT2D eigenvalue weighted by Crippen LogP contribution is 2.25. The van der Waals surface area contributed by atoms with E-state index >= 15 is 0 Å². The van der Waals surface area contributed by atoms with E-state index in [0.29, 0.717) is 5.92 Å². The molecule has 5 heteroatoms. The quantitative estimate of drug-likeness (QED) is 0.755. The molecule has 25 heavy (non-hydrogen) atoms. The van der Waals surface area contributed by atoms with E-state index in [1.54, 1.807) is 0 Å². The first-order chi connectivity index (χ1) is 12.1. The van der Waals surface area contributed by atoms with Gasteiger partial charge in [0.15, 0.2) is 0 Å². The lowest BCUT2D eigenvalue weighted by molar-refractivity contribution is 0.0989. The maximum absolute atomic E-state index is 4.28. The fourth-order valence-corrected chi connectivity index (χ4v) is 4.39. The van der Waals surface area contributed by atoms with Crippen LogP contribution >= 0.6 is 0 Å². The zero-order valence-corrected chi connectivity index (χ0v) is 16.5. The molecule has 0 amide bonds. The minimum atomic E-state index is 0.459. The third-order valence-electron chi connectivity index (χ3n) is 6.12.